The van der Waals surface area contributed by atoms with Crippen molar-refractivity contribution in [3.05, 3.63) is 83.9 Å². The van der Waals surface area contributed by atoms with E-state index in [0.717, 1.165) is 67.3 Å². The van der Waals surface area contributed by atoms with Gasteiger partial charge in [-0.2, -0.15) is 0 Å². The van der Waals surface area contributed by atoms with Gasteiger partial charge in [-0.25, -0.2) is 13.1 Å². The smallest absolute Gasteiger partial charge is 0.267 e. The zero-order chi connectivity index (χ0) is 28.4. The molecule has 0 spiro atoms. The Balaban J connectivity index is 0.00000462. The first-order valence-electron chi connectivity index (χ1n) is 14.2. The van der Waals surface area contributed by atoms with Gasteiger partial charge in [0.05, 0.1) is 12.2 Å². The van der Waals surface area contributed by atoms with Gasteiger partial charge in [-0.05, 0) is 79.5 Å². The van der Waals surface area contributed by atoms with E-state index in [-0.39, 0.29) is 35.6 Å². The summed E-state index contributed by atoms with van der Waals surface area (Å²) in [7, 11) is -4.05. The normalized spacial score (nSPS) is 14.6. The van der Waals surface area contributed by atoms with Crippen molar-refractivity contribution in [2.24, 2.45) is 0 Å². The quantitative estimate of drug-likeness (QED) is 0.209. The number of hydrogen-bond acceptors (Lipinski definition) is 6. The molecule has 1 aliphatic rings. The molecule has 0 saturated heterocycles. The van der Waals surface area contributed by atoms with E-state index in [1.165, 1.54) is 6.07 Å². The number of hydrogen-bond donors (Lipinski definition) is 3. The SMILES string of the molecule is CCCC(=O)NS(=O)(=O)c1ccc(-c2ccc(CCNC[C@H](O)c3ccccc3)cc2)cc1OC1CCCCC1.Cl. The van der Waals surface area contributed by atoms with Crippen LogP contribution in [0.5, 0.6) is 5.75 Å². The van der Waals surface area contributed by atoms with Crippen molar-refractivity contribution in [2.45, 2.75) is 75.4 Å². The number of halogens is 1. The Bertz CT molecular complexity index is 1340. The summed E-state index contributed by atoms with van der Waals surface area (Å²) in [5.41, 5.74) is 3.85. The Morgan fingerprint density at radius 1 is 0.976 bits per heavy atom. The zero-order valence-electron chi connectivity index (χ0n) is 23.6. The first-order chi connectivity index (χ1) is 19.4. The van der Waals surface area contributed by atoms with E-state index in [0.29, 0.717) is 13.0 Å². The number of rotatable bonds is 13. The van der Waals surface area contributed by atoms with E-state index in [9.17, 15) is 18.3 Å². The highest BCUT2D eigenvalue weighted by Gasteiger charge is 2.25. The van der Waals surface area contributed by atoms with Crippen molar-refractivity contribution in [1.29, 1.82) is 0 Å². The van der Waals surface area contributed by atoms with Gasteiger partial charge >= 0.3 is 0 Å². The molecule has 0 aliphatic heterocycles. The third kappa shape index (κ3) is 9.57. The van der Waals surface area contributed by atoms with Gasteiger partial charge in [-0.1, -0.05) is 74.0 Å². The van der Waals surface area contributed by atoms with Crippen molar-refractivity contribution in [1.82, 2.24) is 10.0 Å². The van der Waals surface area contributed by atoms with Crippen LogP contribution in [0.2, 0.25) is 0 Å². The second-order valence-electron chi connectivity index (χ2n) is 10.4. The molecule has 1 fully saturated rings. The van der Waals surface area contributed by atoms with Crippen LogP contribution >= 0.6 is 12.4 Å². The van der Waals surface area contributed by atoms with Crippen molar-refractivity contribution in [2.75, 3.05) is 13.1 Å². The second kappa shape index (κ2) is 15.9. The minimum atomic E-state index is -4.05. The first-order valence-corrected chi connectivity index (χ1v) is 15.7. The van der Waals surface area contributed by atoms with Gasteiger partial charge in [0.15, 0.2) is 0 Å². The molecule has 9 heteroatoms. The summed E-state index contributed by atoms with van der Waals surface area (Å²) in [6.07, 6.45) is 5.98. The fraction of sp³-hybridized carbons (Fsp3) is 0.406. The van der Waals surface area contributed by atoms with Gasteiger partial charge in [0.1, 0.15) is 10.6 Å². The molecule has 7 nitrogen and oxygen atoms in total. The van der Waals surface area contributed by atoms with Crippen molar-refractivity contribution >= 4 is 28.3 Å². The molecule has 1 aliphatic carbocycles. The number of ether oxygens (including phenoxy) is 1. The van der Waals surface area contributed by atoms with Crippen LogP contribution in [0.15, 0.2) is 77.7 Å². The predicted molar refractivity (Wildman–Crippen MR) is 165 cm³/mol. The molecule has 41 heavy (non-hydrogen) atoms. The molecule has 4 rings (SSSR count). The summed E-state index contributed by atoms with van der Waals surface area (Å²) in [4.78, 5) is 12.1. The standard InChI is InChI=1S/C32H40N2O5S.ClH/c1-2-9-32(36)34-40(37,38)31-19-18-27(22-30(31)39-28-12-7-4-8-13-28)25-16-14-24(15-17-25)20-21-33-23-29(35)26-10-5-3-6-11-26;/h3,5-6,10-11,14-19,22,28-29,33,35H,2,4,7-9,12-13,20-21,23H2,1H3,(H,34,36);1H/t29-;/m0./s1. The van der Waals surface area contributed by atoms with E-state index < -0.39 is 22.0 Å². The Morgan fingerprint density at radius 3 is 2.34 bits per heavy atom. The number of nitrogens with one attached hydrogen (secondary N) is 2. The average Bonchev–Trinajstić information content (AvgIpc) is 2.96. The van der Waals surface area contributed by atoms with Gasteiger partial charge in [0, 0.05) is 13.0 Å². The highest BCUT2D eigenvalue weighted by molar-refractivity contribution is 7.90. The summed E-state index contributed by atoms with van der Waals surface area (Å²) in [5.74, 6) is -0.235. The topological polar surface area (TPSA) is 105 Å². The van der Waals surface area contributed by atoms with Gasteiger partial charge in [0.25, 0.3) is 10.0 Å². The third-order valence-electron chi connectivity index (χ3n) is 7.20. The van der Waals surface area contributed by atoms with Gasteiger partial charge < -0.3 is 15.2 Å². The minimum absolute atomic E-state index is 0. The summed E-state index contributed by atoms with van der Waals surface area (Å²) >= 11 is 0. The molecule has 0 bridgehead atoms. The molecule has 1 saturated carbocycles. The van der Waals surface area contributed by atoms with Crippen LogP contribution in [0.4, 0.5) is 0 Å². The molecule has 0 unspecified atom stereocenters. The van der Waals surface area contributed by atoms with Crippen molar-refractivity contribution in [3.63, 3.8) is 0 Å². The molecule has 1 amide bonds. The van der Waals surface area contributed by atoms with Crippen LogP contribution in [0, 0.1) is 0 Å². The molecular formula is C32H41ClN2O5S. The Morgan fingerprint density at radius 2 is 1.66 bits per heavy atom. The lowest BCUT2D eigenvalue weighted by atomic mass is 9.97. The number of benzene rings is 3. The molecule has 222 valence electrons. The van der Waals surface area contributed by atoms with E-state index >= 15 is 0 Å². The first kappa shape index (κ1) is 32.6. The van der Waals surface area contributed by atoms with Crippen LogP contribution in [0.25, 0.3) is 11.1 Å². The predicted octanol–water partition coefficient (Wildman–Crippen LogP) is 5.96. The lowest BCUT2D eigenvalue weighted by Crippen LogP contribution is -2.31. The van der Waals surface area contributed by atoms with Gasteiger partial charge in [-0.15, -0.1) is 12.4 Å². The molecule has 3 aromatic rings. The lowest BCUT2D eigenvalue weighted by Gasteiger charge is -2.24. The summed E-state index contributed by atoms with van der Waals surface area (Å²) in [6.45, 7) is 3.05. The van der Waals surface area contributed by atoms with Crippen LogP contribution in [0.3, 0.4) is 0 Å². The lowest BCUT2D eigenvalue weighted by molar-refractivity contribution is -0.119. The molecule has 3 N–H and O–H groups in total. The largest absolute Gasteiger partial charge is 0.489 e. The number of amides is 1. The monoisotopic (exact) mass is 600 g/mol. The molecule has 0 heterocycles. The number of sulfonamides is 1. The Hall–Kier alpha value is -2.91. The van der Waals surface area contributed by atoms with E-state index in [1.807, 2.05) is 49.4 Å². The zero-order valence-corrected chi connectivity index (χ0v) is 25.2. The molecule has 0 aromatic heterocycles. The van der Waals surface area contributed by atoms with Gasteiger partial charge in [-0.3, -0.25) is 4.79 Å². The third-order valence-corrected chi connectivity index (χ3v) is 8.62. The molecule has 3 aromatic carbocycles. The molecular weight excluding hydrogens is 560 g/mol. The second-order valence-corrected chi connectivity index (χ2v) is 12.0. The highest BCUT2D eigenvalue weighted by Crippen LogP contribution is 2.33. The summed E-state index contributed by atoms with van der Waals surface area (Å²) in [5, 5.41) is 13.6. The molecule has 1 atom stereocenters. The maximum atomic E-state index is 13.1. The number of carbonyl (C=O) groups excluding carboxylic acids is 1. The van der Waals surface area contributed by atoms with Crippen molar-refractivity contribution < 1.29 is 23.1 Å². The average molecular weight is 601 g/mol. The maximum absolute atomic E-state index is 13.1. The fourth-order valence-electron chi connectivity index (χ4n) is 4.98. The summed E-state index contributed by atoms with van der Waals surface area (Å²) in [6, 6.07) is 22.8. The van der Waals surface area contributed by atoms with Crippen molar-refractivity contribution in [3.8, 4) is 16.9 Å². The fourth-order valence-corrected chi connectivity index (χ4v) is 6.11. The molecule has 0 radical (unpaired) electrons. The van der Waals surface area contributed by atoms with Crippen LogP contribution in [-0.2, 0) is 21.2 Å². The van der Waals surface area contributed by atoms with E-state index in [4.69, 9.17) is 4.74 Å². The van der Waals surface area contributed by atoms with Crippen LogP contribution in [-0.4, -0.2) is 38.6 Å². The van der Waals surface area contributed by atoms with Gasteiger partial charge in [0.2, 0.25) is 5.91 Å². The maximum Gasteiger partial charge on any atom is 0.267 e. The van der Waals surface area contributed by atoms with Crippen LogP contribution in [0.1, 0.15) is 69.1 Å². The number of aliphatic hydroxyl groups is 1. The van der Waals surface area contributed by atoms with E-state index in [1.54, 1.807) is 12.1 Å². The highest BCUT2D eigenvalue weighted by atomic mass is 35.5. The number of aliphatic hydroxyl groups excluding tert-OH is 1. The van der Waals surface area contributed by atoms with Crippen LogP contribution < -0.4 is 14.8 Å². The van der Waals surface area contributed by atoms with E-state index in [2.05, 4.69) is 22.2 Å². The minimum Gasteiger partial charge on any atom is -0.489 e. The number of carbonyl (C=O) groups is 1. The summed E-state index contributed by atoms with van der Waals surface area (Å²) < 4.78 is 34.6. The Labute approximate surface area is 250 Å². The Kier molecular flexibility index (Phi) is 12.7.